The molecule has 0 saturated carbocycles. The van der Waals surface area contributed by atoms with Crippen molar-refractivity contribution >= 4 is 31.6 Å². The summed E-state index contributed by atoms with van der Waals surface area (Å²) < 4.78 is 33.2. The lowest BCUT2D eigenvalue weighted by Crippen LogP contribution is -2.35. The molecule has 0 bridgehead atoms. The van der Waals surface area contributed by atoms with E-state index in [4.69, 9.17) is 4.74 Å². The zero-order valence-electron chi connectivity index (χ0n) is 11.9. The molecular weight excluding hydrogens is 366 g/mol. The van der Waals surface area contributed by atoms with Gasteiger partial charge >= 0.3 is 0 Å². The van der Waals surface area contributed by atoms with Crippen molar-refractivity contribution in [2.45, 2.75) is 11.9 Å². The molecule has 2 aromatic rings. The first kappa shape index (κ1) is 15.5. The summed E-state index contributed by atoms with van der Waals surface area (Å²) in [4.78, 5) is 0. The second-order valence-electron chi connectivity index (χ2n) is 5.18. The Morgan fingerprint density at radius 1 is 1.09 bits per heavy atom. The van der Waals surface area contributed by atoms with Gasteiger partial charge in [-0.25, -0.2) is 8.42 Å². The quantitative estimate of drug-likeness (QED) is 0.721. The molecule has 1 fully saturated rings. The van der Waals surface area contributed by atoms with Crippen LogP contribution in [0.4, 0.5) is 5.69 Å². The van der Waals surface area contributed by atoms with Crippen LogP contribution >= 0.6 is 15.9 Å². The Kier molecular flexibility index (Phi) is 4.52. The minimum absolute atomic E-state index is 0.0161. The maximum atomic E-state index is 12.9. The van der Waals surface area contributed by atoms with E-state index in [9.17, 15) is 8.42 Å². The van der Waals surface area contributed by atoms with Crippen molar-refractivity contribution in [3.05, 3.63) is 64.6 Å². The van der Waals surface area contributed by atoms with Crippen molar-refractivity contribution in [2.24, 2.45) is 0 Å². The Balaban J connectivity index is 1.92. The largest absolute Gasteiger partial charge is 0.371 e. The smallest absolute Gasteiger partial charge is 0.239 e. The number of rotatable bonds is 6. The Hall–Kier alpha value is -1.37. The van der Waals surface area contributed by atoms with Gasteiger partial charge in [0.15, 0.2) is 0 Å². The number of halogens is 1. The van der Waals surface area contributed by atoms with Gasteiger partial charge in [-0.05, 0) is 33.6 Å². The molecule has 0 N–H and O–H groups in total. The Labute approximate surface area is 138 Å². The van der Waals surface area contributed by atoms with Crippen LogP contribution in [0.25, 0.3) is 0 Å². The molecule has 0 radical (unpaired) electrons. The number of benzene rings is 2. The van der Waals surface area contributed by atoms with Crippen LogP contribution in [0.1, 0.15) is 5.56 Å². The fourth-order valence-electron chi connectivity index (χ4n) is 2.24. The average molecular weight is 382 g/mol. The highest BCUT2D eigenvalue weighted by Gasteiger charge is 2.32. The zero-order valence-corrected chi connectivity index (χ0v) is 14.3. The van der Waals surface area contributed by atoms with Gasteiger partial charge < -0.3 is 4.74 Å². The molecule has 6 heteroatoms. The van der Waals surface area contributed by atoms with Crippen LogP contribution in [0.2, 0.25) is 0 Å². The van der Waals surface area contributed by atoms with Crippen molar-refractivity contribution < 1.29 is 13.2 Å². The summed E-state index contributed by atoms with van der Waals surface area (Å²) in [6.07, 6.45) is -0.0161. The van der Waals surface area contributed by atoms with Gasteiger partial charge in [0.05, 0.1) is 30.7 Å². The third-order valence-corrected chi connectivity index (χ3v) is 5.81. The fraction of sp³-hybridized carbons (Fsp3) is 0.250. The molecule has 2 aromatic carbocycles. The molecule has 3 rings (SSSR count). The number of hydrogen-bond acceptors (Lipinski definition) is 3. The summed E-state index contributed by atoms with van der Waals surface area (Å²) in [5.41, 5.74) is 1.42. The van der Waals surface area contributed by atoms with Gasteiger partial charge in [-0.2, -0.15) is 0 Å². The Morgan fingerprint density at radius 3 is 2.36 bits per heavy atom. The van der Waals surface area contributed by atoms with E-state index in [0.717, 1.165) is 10.0 Å². The van der Waals surface area contributed by atoms with E-state index >= 15 is 0 Å². The molecule has 1 heterocycles. The molecule has 1 atom stereocenters. The summed E-state index contributed by atoms with van der Waals surface area (Å²) >= 11 is 3.44. The molecule has 1 aliphatic heterocycles. The van der Waals surface area contributed by atoms with Crippen LogP contribution in [-0.4, -0.2) is 27.7 Å². The number of sulfonamides is 1. The first-order valence-corrected chi connectivity index (χ1v) is 9.37. The molecule has 0 aromatic heterocycles. The number of epoxide rings is 1. The summed E-state index contributed by atoms with van der Waals surface area (Å²) in [7, 11) is -3.48. The van der Waals surface area contributed by atoms with E-state index < -0.39 is 10.0 Å². The number of nitrogens with zero attached hydrogens (tertiary/aromatic N) is 1. The van der Waals surface area contributed by atoms with E-state index in [-0.39, 0.29) is 11.9 Å². The molecule has 1 aliphatic rings. The van der Waals surface area contributed by atoms with Crippen molar-refractivity contribution in [1.29, 1.82) is 0 Å². The van der Waals surface area contributed by atoms with Crippen molar-refractivity contribution in [1.82, 2.24) is 0 Å². The highest BCUT2D eigenvalue weighted by atomic mass is 79.9. The molecule has 0 aliphatic carbocycles. The van der Waals surface area contributed by atoms with Crippen LogP contribution < -0.4 is 4.31 Å². The first-order chi connectivity index (χ1) is 10.6. The fourth-order valence-corrected chi connectivity index (χ4v) is 4.47. The maximum absolute atomic E-state index is 12.9. The molecular formula is C16H16BrNO3S. The van der Waals surface area contributed by atoms with Crippen LogP contribution in [0.15, 0.2) is 59.1 Å². The van der Waals surface area contributed by atoms with Crippen molar-refractivity contribution in [3.63, 3.8) is 0 Å². The predicted molar refractivity (Wildman–Crippen MR) is 90.3 cm³/mol. The standard InChI is InChI=1S/C16H16BrNO3S/c17-15-8-4-5-9-16(15)18(10-14-11-21-14)22(19,20)12-13-6-2-1-3-7-13/h1-9,14H,10-12H2. The van der Waals surface area contributed by atoms with Gasteiger partial charge in [0.1, 0.15) is 0 Å². The van der Waals surface area contributed by atoms with Crippen molar-refractivity contribution in [3.8, 4) is 0 Å². The van der Waals surface area contributed by atoms with Crippen LogP contribution in [-0.2, 0) is 20.5 Å². The van der Waals surface area contributed by atoms with Crippen LogP contribution in [0, 0.1) is 0 Å². The third kappa shape index (κ3) is 3.69. The maximum Gasteiger partial charge on any atom is 0.239 e. The third-order valence-electron chi connectivity index (χ3n) is 3.42. The topological polar surface area (TPSA) is 49.9 Å². The second-order valence-corrected chi connectivity index (χ2v) is 7.93. The molecule has 116 valence electrons. The molecule has 0 spiro atoms. The number of ether oxygens (including phenoxy) is 1. The second kappa shape index (κ2) is 6.40. The van der Waals surface area contributed by atoms with Crippen molar-refractivity contribution in [2.75, 3.05) is 17.5 Å². The molecule has 1 unspecified atom stereocenters. The van der Waals surface area contributed by atoms with E-state index in [1.807, 2.05) is 48.5 Å². The monoisotopic (exact) mass is 381 g/mol. The van der Waals surface area contributed by atoms with Gasteiger partial charge in [-0.1, -0.05) is 42.5 Å². The Morgan fingerprint density at radius 2 is 1.73 bits per heavy atom. The lowest BCUT2D eigenvalue weighted by atomic mass is 10.2. The average Bonchev–Trinajstić information content (AvgIpc) is 3.30. The molecule has 22 heavy (non-hydrogen) atoms. The summed E-state index contributed by atoms with van der Waals surface area (Å²) in [6.45, 7) is 0.958. The summed E-state index contributed by atoms with van der Waals surface area (Å²) in [6, 6.07) is 16.5. The normalized spacial score (nSPS) is 17.2. The van der Waals surface area contributed by atoms with Gasteiger partial charge in [0.2, 0.25) is 10.0 Å². The number of anilines is 1. The highest BCUT2D eigenvalue weighted by molar-refractivity contribution is 9.10. The number of para-hydroxylation sites is 1. The highest BCUT2D eigenvalue weighted by Crippen LogP contribution is 2.30. The predicted octanol–water partition coefficient (Wildman–Crippen LogP) is 3.18. The number of hydrogen-bond donors (Lipinski definition) is 0. The zero-order chi connectivity index (χ0) is 15.6. The summed E-state index contributed by atoms with van der Waals surface area (Å²) in [5, 5.41) is 0. The SMILES string of the molecule is O=S(=O)(Cc1ccccc1)N(CC1CO1)c1ccccc1Br. The first-order valence-electron chi connectivity index (χ1n) is 6.97. The van der Waals surface area contributed by atoms with E-state index in [0.29, 0.717) is 18.8 Å². The van der Waals surface area contributed by atoms with Gasteiger partial charge in [-0.3, -0.25) is 4.31 Å². The minimum atomic E-state index is -3.48. The lowest BCUT2D eigenvalue weighted by Gasteiger charge is -2.25. The van der Waals surface area contributed by atoms with Crippen LogP contribution in [0.5, 0.6) is 0 Å². The molecule has 4 nitrogen and oxygen atoms in total. The van der Waals surface area contributed by atoms with E-state index in [2.05, 4.69) is 15.9 Å². The lowest BCUT2D eigenvalue weighted by molar-refractivity contribution is 0.412. The van der Waals surface area contributed by atoms with E-state index in [1.165, 1.54) is 4.31 Å². The van der Waals surface area contributed by atoms with Gasteiger partial charge in [0.25, 0.3) is 0 Å². The van der Waals surface area contributed by atoms with Gasteiger partial charge in [-0.15, -0.1) is 0 Å². The molecule has 1 saturated heterocycles. The Bertz CT molecular complexity index is 745. The minimum Gasteiger partial charge on any atom is -0.371 e. The van der Waals surface area contributed by atoms with E-state index in [1.54, 1.807) is 6.07 Å². The van der Waals surface area contributed by atoms with Crippen LogP contribution in [0.3, 0.4) is 0 Å². The molecule has 0 amide bonds. The summed E-state index contributed by atoms with van der Waals surface area (Å²) in [5.74, 6) is -0.0259. The van der Waals surface area contributed by atoms with Gasteiger partial charge in [0, 0.05) is 4.47 Å².